The summed E-state index contributed by atoms with van der Waals surface area (Å²) in [5, 5.41) is -1.26. The summed E-state index contributed by atoms with van der Waals surface area (Å²) in [4.78, 5) is 20.4. The highest BCUT2D eigenvalue weighted by Crippen LogP contribution is 1.95. The summed E-state index contributed by atoms with van der Waals surface area (Å²) in [7, 11) is 0. The smallest absolute Gasteiger partial charge is 0.266 e. The van der Waals surface area contributed by atoms with Crippen LogP contribution >= 0.6 is 23.2 Å². The average molecular weight is 329 g/mol. The molecule has 2 nitrogen and oxygen atoms in total. The summed E-state index contributed by atoms with van der Waals surface area (Å²) in [6.45, 7) is 0. The van der Waals surface area contributed by atoms with Crippen LogP contribution in [0.3, 0.4) is 0 Å². The zero-order valence-electron chi connectivity index (χ0n) is 11.3. The maximum atomic E-state index is 10.2. The van der Waals surface area contributed by atoms with Crippen LogP contribution in [0.25, 0.3) is 0 Å². The van der Waals surface area contributed by atoms with E-state index < -0.39 is 10.5 Å². The fourth-order valence-corrected chi connectivity index (χ4v) is 1.38. The minimum Gasteiger partial charge on any atom is -0.266 e. The van der Waals surface area contributed by atoms with Gasteiger partial charge in [-0.2, -0.15) is 0 Å². The van der Waals surface area contributed by atoms with Gasteiger partial charge in [-0.05, 0) is 59.3 Å². The predicted molar refractivity (Wildman–Crippen MR) is 88.4 cm³/mol. The molecular formula is C18H10Cl2O2. The van der Waals surface area contributed by atoms with Gasteiger partial charge in [0.05, 0.1) is 0 Å². The molecule has 0 bridgehead atoms. The quantitative estimate of drug-likeness (QED) is 0.547. The van der Waals surface area contributed by atoms with Crippen molar-refractivity contribution in [2.45, 2.75) is 0 Å². The molecule has 4 heteroatoms. The van der Waals surface area contributed by atoms with Crippen molar-refractivity contribution in [2.24, 2.45) is 0 Å². The van der Waals surface area contributed by atoms with Crippen LogP contribution in [0.5, 0.6) is 0 Å². The lowest BCUT2D eigenvalue weighted by Crippen LogP contribution is -1.77. The van der Waals surface area contributed by atoms with Gasteiger partial charge in [0.25, 0.3) is 10.5 Å². The Balaban J connectivity index is 0.000000220. The van der Waals surface area contributed by atoms with Crippen LogP contribution in [-0.4, -0.2) is 10.5 Å². The summed E-state index contributed by atoms with van der Waals surface area (Å²) in [5.74, 6) is 9.70. The minimum atomic E-state index is -0.631. The Labute approximate surface area is 139 Å². The van der Waals surface area contributed by atoms with E-state index in [1.54, 1.807) is 0 Å². The van der Waals surface area contributed by atoms with Crippen molar-refractivity contribution in [1.82, 2.24) is 0 Å². The van der Waals surface area contributed by atoms with Crippen molar-refractivity contribution in [1.29, 1.82) is 0 Å². The Hall–Kier alpha value is -2.52. The SMILES string of the molecule is O=C(Cl)C#Cc1ccccc1.O=C(Cl)C#Cc1ccccc1. The predicted octanol–water partition coefficient (Wildman–Crippen LogP) is 3.61. The van der Waals surface area contributed by atoms with E-state index in [1.165, 1.54) is 0 Å². The molecule has 0 saturated carbocycles. The molecule has 0 amide bonds. The molecule has 0 aliphatic rings. The van der Waals surface area contributed by atoms with Gasteiger partial charge in [-0.25, -0.2) is 0 Å². The third-order valence-electron chi connectivity index (χ3n) is 2.16. The summed E-state index contributed by atoms with van der Waals surface area (Å²) in [6.07, 6.45) is 0. The zero-order valence-corrected chi connectivity index (χ0v) is 12.9. The Bertz CT molecular complexity index is 678. The molecule has 0 aromatic heterocycles. The lowest BCUT2D eigenvalue weighted by molar-refractivity contribution is -0.107. The standard InChI is InChI=1S/2C9H5ClO/c2*10-9(11)7-6-8-4-2-1-3-5-8/h2*1-5H. The van der Waals surface area contributed by atoms with Crippen LogP contribution in [0.1, 0.15) is 11.1 Å². The van der Waals surface area contributed by atoms with Crippen LogP contribution in [0.2, 0.25) is 0 Å². The topological polar surface area (TPSA) is 34.1 Å². The van der Waals surface area contributed by atoms with Gasteiger partial charge in [0.2, 0.25) is 0 Å². The molecule has 0 radical (unpaired) electrons. The summed E-state index contributed by atoms with van der Waals surface area (Å²) < 4.78 is 0. The minimum absolute atomic E-state index is 0.631. The van der Waals surface area contributed by atoms with Gasteiger partial charge in [-0.15, -0.1) is 0 Å². The summed E-state index contributed by atoms with van der Waals surface area (Å²) in [5.41, 5.74) is 1.59. The fourth-order valence-electron chi connectivity index (χ4n) is 1.29. The first-order chi connectivity index (χ1) is 10.6. The molecule has 0 heterocycles. The van der Waals surface area contributed by atoms with Crippen LogP contribution < -0.4 is 0 Å². The summed E-state index contributed by atoms with van der Waals surface area (Å²) in [6, 6.07) is 18.4. The van der Waals surface area contributed by atoms with Gasteiger partial charge in [-0.3, -0.25) is 9.59 Å². The molecule has 0 aliphatic heterocycles. The highest BCUT2D eigenvalue weighted by molar-refractivity contribution is 6.68. The monoisotopic (exact) mass is 328 g/mol. The van der Waals surface area contributed by atoms with Gasteiger partial charge in [-0.1, -0.05) is 48.2 Å². The molecule has 2 aromatic rings. The van der Waals surface area contributed by atoms with E-state index in [-0.39, 0.29) is 0 Å². The molecular weight excluding hydrogens is 319 g/mol. The van der Waals surface area contributed by atoms with E-state index in [9.17, 15) is 9.59 Å². The molecule has 0 aliphatic carbocycles. The van der Waals surface area contributed by atoms with Crippen LogP contribution in [-0.2, 0) is 9.59 Å². The Morgan fingerprint density at radius 2 is 0.955 bits per heavy atom. The second-order valence-corrected chi connectivity index (χ2v) is 4.47. The average Bonchev–Trinajstić information content (AvgIpc) is 2.53. The first kappa shape index (κ1) is 17.5. The summed E-state index contributed by atoms with van der Waals surface area (Å²) >= 11 is 10.0. The van der Waals surface area contributed by atoms with Gasteiger partial charge in [0, 0.05) is 11.1 Å². The van der Waals surface area contributed by atoms with Crippen LogP contribution in [0, 0.1) is 23.7 Å². The molecule has 0 saturated heterocycles. The van der Waals surface area contributed by atoms with Gasteiger partial charge >= 0.3 is 0 Å². The van der Waals surface area contributed by atoms with Crippen molar-refractivity contribution >= 4 is 33.7 Å². The van der Waals surface area contributed by atoms with Crippen molar-refractivity contribution in [3.8, 4) is 23.7 Å². The van der Waals surface area contributed by atoms with Crippen molar-refractivity contribution < 1.29 is 9.59 Å². The number of hydrogen-bond donors (Lipinski definition) is 0. The third kappa shape index (κ3) is 8.61. The van der Waals surface area contributed by atoms with E-state index >= 15 is 0 Å². The molecule has 0 spiro atoms. The molecule has 2 rings (SSSR count). The van der Waals surface area contributed by atoms with Gasteiger partial charge < -0.3 is 0 Å². The second kappa shape index (κ2) is 10.2. The number of halogens is 2. The van der Waals surface area contributed by atoms with Crippen LogP contribution in [0.15, 0.2) is 60.7 Å². The van der Waals surface area contributed by atoms with Gasteiger partial charge in [0.15, 0.2) is 0 Å². The first-order valence-electron chi connectivity index (χ1n) is 6.11. The second-order valence-electron chi connectivity index (χ2n) is 3.78. The van der Waals surface area contributed by atoms with E-state index in [2.05, 4.69) is 23.7 Å². The fraction of sp³-hybridized carbons (Fsp3) is 0. The molecule has 0 N–H and O–H groups in total. The lowest BCUT2D eigenvalue weighted by atomic mass is 10.2. The van der Waals surface area contributed by atoms with Crippen molar-refractivity contribution in [3.63, 3.8) is 0 Å². The molecule has 2 aromatic carbocycles. The highest BCUT2D eigenvalue weighted by atomic mass is 35.5. The van der Waals surface area contributed by atoms with E-state index in [0.29, 0.717) is 0 Å². The third-order valence-corrected chi connectivity index (χ3v) is 2.35. The Morgan fingerprint density at radius 1 is 0.636 bits per heavy atom. The molecule has 0 unspecified atom stereocenters. The highest BCUT2D eigenvalue weighted by Gasteiger charge is 1.85. The maximum absolute atomic E-state index is 10.2. The van der Waals surface area contributed by atoms with E-state index in [1.807, 2.05) is 60.7 Å². The number of hydrogen-bond acceptors (Lipinski definition) is 2. The largest absolute Gasteiger partial charge is 0.296 e. The number of rotatable bonds is 0. The normalized spacial score (nSPS) is 8.09. The zero-order chi connectivity index (χ0) is 16.2. The number of carbonyl (C=O) groups is 2. The molecule has 22 heavy (non-hydrogen) atoms. The van der Waals surface area contributed by atoms with Crippen molar-refractivity contribution in [2.75, 3.05) is 0 Å². The molecule has 0 atom stereocenters. The Kier molecular flexibility index (Phi) is 8.16. The van der Waals surface area contributed by atoms with Crippen LogP contribution in [0.4, 0.5) is 0 Å². The first-order valence-corrected chi connectivity index (χ1v) is 6.86. The number of benzene rings is 2. The van der Waals surface area contributed by atoms with E-state index in [0.717, 1.165) is 11.1 Å². The molecule has 0 fully saturated rings. The maximum Gasteiger partial charge on any atom is 0.296 e. The van der Waals surface area contributed by atoms with Crippen molar-refractivity contribution in [3.05, 3.63) is 71.8 Å². The van der Waals surface area contributed by atoms with E-state index in [4.69, 9.17) is 23.2 Å². The Morgan fingerprint density at radius 3 is 1.23 bits per heavy atom. The number of carbonyl (C=O) groups excluding carboxylic acids is 2. The van der Waals surface area contributed by atoms with Gasteiger partial charge in [0.1, 0.15) is 0 Å². The lowest BCUT2D eigenvalue weighted by Gasteiger charge is -1.83. The molecule has 108 valence electrons.